The summed E-state index contributed by atoms with van der Waals surface area (Å²) in [5.74, 6) is -1.93. The fourth-order valence-electron chi connectivity index (χ4n) is 2.10. The first kappa shape index (κ1) is 16.1. The first-order chi connectivity index (χ1) is 9.93. The number of halogens is 5. The molecule has 21 heavy (non-hydrogen) atoms. The van der Waals surface area contributed by atoms with Gasteiger partial charge in [-0.1, -0.05) is 35.3 Å². The molecule has 1 nitrogen and oxygen atoms in total. The van der Waals surface area contributed by atoms with Gasteiger partial charge in [0.15, 0.2) is 0 Å². The summed E-state index contributed by atoms with van der Waals surface area (Å²) in [6.07, 6.45) is 0.126. The van der Waals surface area contributed by atoms with Crippen LogP contribution in [0, 0.1) is 17.5 Å². The molecule has 0 saturated carbocycles. The molecule has 0 aliphatic carbocycles. The Hall–Kier alpha value is -1.23. The van der Waals surface area contributed by atoms with Crippen LogP contribution >= 0.6 is 23.2 Å². The summed E-state index contributed by atoms with van der Waals surface area (Å²) in [5.41, 5.74) is 0.399. The predicted octanol–water partition coefficient (Wildman–Crippen LogP) is 4.91. The summed E-state index contributed by atoms with van der Waals surface area (Å²) in [6.45, 7) is 0. The lowest BCUT2D eigenvalue weighted by molar-refractivity contribution is 0.512. The van der Waals surface area contributed by atoms with E-state index in [2.05, 4.69) is 5.32 Å². The molecule has 0 fully saturated rings. The average molecular weight is 334 g/mol. The lowest BCUT2D eigenvalue weighted by Crippen LogP contribution is -2.21. The molecule has 0 amide bonds. The van der Waals surface area contributed by atoms with E-state index in [9.17, 15) is 13.2 Å². The first-order valence-electron chi connectivity index (χ1n) is 6.18. The maximum Gasteiger partial charge on any atom is 0.145 e. The SMILES string of the molecule is CNC(Cc1cccc(Cl)c1F)c1cc(F)c(Cl)cc1F. The second-order valence-electron chi connectivity index (χ2n) is 4.55. The van der Waals surface area contributed by atoms with Gasteiger partial charge in [0.25, 0.3) is 0 Å². The van der Waals surface area contributed by atoms with Crippen LogP contribution in [-0.4, -0.2) is 7.05 Å². The number of hydrogen-bond donors (Lipinski definition) is 1. The van der Waals surface area contributed by atoms with Crippen molar-refractivity contribution in [1.82, 2.24) is 5.32 Å². The third kappa shape index (κ3) is 3.51. The van der Waals surface area contributed by atoms with Gasteiger partial charge in [-0.3, -0.25) is 0 Å². The van der Waals surface area contributed by atoms with Crippen molar-refractivity contribution >= 4 is 23.2 Å². The number of rotatable bonds is 4. The molecule has 0 aliphatic heterocycles. The highest BCUT2D eigenvalue weighted by molar-refractivity contribution is 6.31. The van der Waals surface area contributed by atoms with E-state index in [0.717, 1.165) is 12.1 Å². The van der Waals surface area contributed by atoms with Crippen LogP contribution in [0.15, 0.2) is 30.3 Å². The standard InChI is InChI=1S/C15H12Cl2F3N/c1-21-14(5-8-3-2-4-10(16)15(8)20)9-6-13(19)11(17)7-12(9)18/h2-4,6-7,14,21H,5H2,1H3. The third-order valence-electron chi connectivity index (χ3n) is 3.22. The number of nitrogens with one attached hydrogen (secondary N) is 1. The molecule has 1 unspecified atom stereocenters. The minimum atomic E-state index is -0.722. The van der Waals surface area contributed by atoms with E-state index >= 15 is 0 Å². The minimum Gasteiger partial charge on any atom is -0.313 e. The quantitative estimate of drug-likeness (QED) is 0.783. The number of hydrogen-bond acceptors (Lipinski definition) is 1. The second-order valence-corrected chi connectivity index (χ2v) is 5.36. The summed E-state index contributed by atoms with van der Waals surface area (Å²) < 4.78 is 41.4. The highest BCUT2D eigenvalue weighted by Crippen LogP contribution is 2.28. The molecule has 0 radical (unpaired) electrons. The molecule has 2 aromatic rings. The maximum absolute atomic E-state index is 13.9. The minimum absolute atomic E-state index is 0.00916. The zero-order valence-electron chi connectivity index (χ0n) is 11.1. The van der Waals surface area contributed by atoms with Gasteiger partial charge in [0.05, 0.1) is 10.0 Å². The fraction of sp³-hybridized carbons (Fsp3) is 0.200. The van der Waals surface area contributed by atoms with Gasteiger partial charge in [-0.2, -0.15) is 0 Å². The molecule has 0 saturated heterocycles. The van der Waals surface area contributed by atoms with Crippen LogP contribution < -0.4 is 5.32 Å². The van der Waals surface area contributed by atoms with Crippen LogP contribution in [0.3, 0.4) is 0 Å². The van der Waals surface area contributed by atoms with E-state index < -0.39 is 23.5 Å². The first-order valence-corrected chi connectivity index (χ1v) is 6.94. The lowest BCUT2D eigenvalue weighted by atomic mass is 9.98. The summed E-state index contributed by atoms with van der Waals surface area (Å²) in [6, 6.07) is 5.90. The van der Waals surface area contributed by atoms with E-state index in [0.29, 0.717) is 5.56 Å². The van der Waals surface area contributed by atoms with E-state index in [-0.39, 0.29) is 22.0 Å². The summed E-state index contributed by atoms with van der Waals surface area (Å²) in [4.78, 5) is 0. The van der Waals surface area contributed by atoms with Gasteiger partial charge in [-0.25, -0.2) is 13.2 Å². The van der Waals surface area contributed by atoms with Crippen molar-refractivity contribution in [3.63, 3.8) is 0 Å². The lowest BCUT2D eigenvalue weighted by Gasteiger charge is -2.18. The Morgan fingerprint density at radius 3 is 2.43 bits per heavy atom. The molecule has 0 spiro atoms. The highest BCUT2D eigenvalue weighted by Gasteiger charge is 2.19. The molecule has 0 bridgehead atoms. The zero-order valence-corrected chi connectivity index (χ0v) is 12.6. The molecule has 2 rings (SSSR count). The largest absolute Gasteiger partial charge is 0.313 e. The van der Waals surface area contributed by atoms with Gasteiger partial charge in [0, 0.05) is 11.6 Å². The van der Waals surface area contributed by atoms with Crippen LogP contribution in [0.4, 0.5) is 13.2 Å². The Balaban J connectivity index is 2.37. The summed E-state index contributed by atoms with van der Waals surface area (Å²) in [5, 5.41) is 2.54. The van der Waals surface area contributed by atoms with Crippen molar-refractivity contribution in [1.29, 1.82) is 0 Å². The van der Waals surface area contributed by atoms with Crippen LogP contribution in [0.2, 0.25) is 10.0 Å². The molecular weight excluding hydrogens is 322 g/mol. The Kier molecular flexibility index (Phi) is 5.14. The topological polar surface area (TPSA) is 12.0 Å². The maximum atomic E-state index is 13.9. The van der Waals surface area contributed by atoms with E-state index in [1.165, 1.54) is 6.07 Å². The van der Waals surface area contributed by atoms with Gasteiger partial charge >= 0.3 is 0 Å². The molecule has 1 atom stereocenters. The van der Waals surface area contributed by atoms with Crippen molar-refractivity contribution in [3.05, 3.63) is 69.0 Å². The van der Waals surface area contributed by atoms with Crippen LogP contribution in [-0.2, 0) is 6.42 Å². The fourth-order valence-corrected chi connectivity index (χ4v) is 2.44. The van der Waals surface area contributed by atoms with Crippen LogP contribution in [0.5, 0.6) is 0 Å². The van der Waals surface area contributed by atoms with E-state index in [1.807, 2.05) is 0 Å². The average Bonchev–Trinajstić information content (AvgIpc) is 2.45. The van der Waals surface area contributed by atoms with E-state index in [1.54, 1.807) is 19.2 Å². The summed E-state index contributed by atoms with van der Waals surface area (Å²) >= 11 is 11.2. The van der Waals surface area contributed by atoms with Crippen LogP contribution in [0.1, 0.15) is 17.2 Å². The van der Waals surface area contributed by atoms with Gasteiger partial charge in [0.1, 0.15) is 17.5 Å². The molecule has 0 aliphatic rings. The zero-order chi connectivity index (χ0) is 15.6. The van der Waals surface area contributed by atoms with Crippen molar-refractivity contribution in [3.8, 4) is 0 Å². The third-order valence-corrected chi connectivity index (χ3v) is 3.80. The molecule has 0 aromatic heterocycles. The molecule has 1 N–H and O–H groups in total. The van der Waals surface area contributed by atoms with Crippen molar-refractivity contribution in [2.75, 3.05) is 7.05 Å². The molecule has 112 valence electrons. The van der Waals surface area contributed by atoms with Gasteiger partial charge < -0.3 is 5.32 Å². The number of likely N-dealkylation sites (N-methyl/N-ethyl adjacent to an activating group) is 1. The highest BCUT2D eigenvalue weighted by atomic mass is 35.5. The number of benzene rings is 2. The molecule has 0 heterocycles. The van der Waals surface area contributed by atoms with Crippen molar-refractivity contribution in [2.45, 2.75) is 12.5 Å². The molecule has 2 aromatic carbocycles. The van der Waals surface area contributed by atoms with Gasteiger partial charge in [0.2, 0.25) is 0 Å². The van der Waals surface area contributed by atoms with E-state index in [4.69, 9.17) is 23.2 Å². The normalized spacial score (nSPS) is 12.5. The van der Waals surface area contributed by atoms with Gasteiger partial charge in [-0.15, -0.1) is 0 Å². The second kappa shape index (κ2) is 6.69. The van der Waals surface area contributed by atoms with Gasteiger partial charge in [-0.05, 0) is 37.2 Å². The van der Waals surface area contributed by atoms with Crippen LogP contribution in [0.25, 0.3) is 0 Å². The summed E-state index contributed by atoms with van der Waals surface area (Å²) in [7, 11) is 1.58. The Morgan fingerprint density at radius 2 is 1.76 bits per heavy atom. The Bertz CT molecular complexity index is 662. The van der Waals surface area contributed by atoms with Crippen molar-refractivity contribution in [2.24, 2.45) is 0 Å². The Labute approximate surface area is 130 Å². The van der Waals surface area contributed by atoms with Crippen molar-refractivity contribution < 1.29 is 13.2 Å². The predicted molar refractivity (Wildman–Crippen MR) is 78.3 cm³/mol. The smallest absolute Gasteiger partial charge is 0.145 e. The Morgan fingerprint density at radius 1 is 1.05 bits per heavy atom. The molecule has 6 heteroatoms. The monoisotopic (exact) mass is 333 g/mol. The molecular formula is C15H12Cl2F3N.